The Bertz CT molecular complexity index is 815. The molecule has 0 saturated carbocycles. The Morgan fingerprint density at radius 1 is 0.720 bits per heavy atom. The number of fused-ring (bicyclic) bond motifs is 1. The minimum atomic E-state index is 0. The molecule has 2 heteroatoms. The van der Waals surface area contributed by atoms with Crippen LogP contribution < -0.4 is 0 Å². The lowest BCUT2D eigenvalue weighted by atomic mass is 9.87. The summed E-state index contributed by atoms with van der Waals surface area (Å²) >= 11 is 0. The topological polar surface area (TPSA) is 3.24 Å². The lowest BCUT2D eigenvalue weighted by molar-refractivity contribution is 0.319. The number of halogens is 1. The van der Waals surface area contributed by atoms with Gasteiger partial charge in [-0.1, -0.05) is 81.4 Å². The van der Waals surface area contributed by atoms with Crippen LogP contribution in [0.3, 0.4) is 0 Å². The molecule has 0 aromatic heterocycles. The van der Waals surface area contributed by atoms with Crippen molar-refractivity contribution in [3.8, 4) is 0 Å². The van der Waals surface area contributed by atoms with Crippen molar-refractivity contribution in [3.63, 3.8) is 0 Å². The van der Waals surface area contributed by atoms with E-state index < -0.39 is 0 Å². The van der Waals surface area contributed by atoms with Crippen LogP contribution in [0.4, 0.5) is 0 Å². The summed E-state index contributed by atoms with van der Waals surface area (Å²) in [6.45, 7) is 8.71. The first-order chi connectivity index (χ1) is 11.4. The maximum atomic E-state index is 2.37. The molecule has 25 heavy (non-hydrogen) atoms. The van der Waals surface area contributed by atoms with Crippen molar-refractivity contribution >= 4 is 23.2 Å². The van der Waals surface area contributed by atoms with Gasteiger partial charge in [-0.15, -0.1) is 12.4 Å². The van der Waals surface area contributed by atoms with Gasteiger partial charge in [0, 0.05) is 13.1 Å². The summed E-state index contributed by atoms with van der Waals surface area (Å²) in [4.78, 5) is 2.37. The summed E-state index contributed by atoms with van der Waals surface area (Å²) in [5, 5.41) is 2.62. The minimum absolute atomic E-state index is 0. The summed E-state index contributed by atoms with van der Waals surface area (Å²) in [5.41, 5.74) is 4.34. The normalized spacial score (nSPS) is 11.6. The van der Waals surface area contributed by atoms with Gasteiger partial charge in [0.2, 0.25) is 0 Å². The van der Waals surface area contributed by atoms with Crippen LogP contribution in [0.15, 0.2) is 66.7 Å². The highest BCUT2D eigenvalue weighted by molar-refractivity contribution is 5.85. The van der Waals surface area contributed by atoms with Crippen LogP contribution in [0, 0.1) is 0 Å². The fourth-order valence-corrected chi connectivity index (χ4v) is 3.13. The average molecular weight is 354 g/mol. The molecule has 0 saturated heterocycles. The van der Waals surface area contributed by atoms with E-state index in [9.17, 15) is 0 Å². The number of rotatable bonds is 4. The molecular weight excluding hydrogens is 326 g/mol. The Kier molecular flexibility index (Phi) is 6.26. The van der Waals surface area contributed by atoms with Crippen LogP contribution in [0.5, 0.6) is 0 Å². The Morgan fingerprint density at radius 3 is 1.92 bits per heavy atom. The first-order valence-corrected chi connectivity index (χ1v) is 8.67. The molecule has 0 aliphatic carbocycles. The molecule has 3 aromatic carbocycles. The number of nitrogens with zero attached hydrogens (tertiary/aromatic N) is 1. The highest BCUT2D eigenvalue weighted by Crippen LogP contribution is 2.23. The smallest absolute Gasteiger partial charge is 0.0234 e. The highest BCUT2D eigenvalue weighted by atomic mass is 35.5. The van der Waals surface area contributed by atoms with Crippen molar-refractivity contribution in [2.75, 3.05) is 7.05 Å². The van der Waals surface area contributed by atoms with E-state index >= 15 is 0 Å². The van der Waals surface area contributed by atoms with E-state index in [4.69, 9.17) is 0 Å². The molecule has 0 atom stereocenters. The molecule has 0 N–H and O–H groups in total. The maximum Gasteiger partial charge on any atom is 0.0234 e. The predicted octanol–water partition coefficient (Wildman–Crippen LogP) is 6.19. The summed E-state index contributed by atoms with van der Waals surface area (Å²) < 4.78 is 0. The molecule has 0 fully saturated rings. The molecule has 0 aliphatic rings. The van der Waals surface area contributed by atoms with Gasteiger partial charge in [0.1, 0.15) is 0 Å². The third-order valence-electron chi connectivity index (χ3n) is 4.54. The fraction of sp³-hybridized carbons (Fsp3) is 0.304. The van der Waals surface area contributed by atoms with Crippen LogP contribution in [-0.2, 0) is 18.5 Å². The third-order valence-corrected chi connectivity index (χ3v) is 4.54. The van der Waals surface area contributed by atoms with Gasteiger partial charge in [-0.2, -0.15) is 0 Å². The zero-order valence-electron chi connectivity index (χ0n) is 15.6. The van der Waals surface area contributed by atoms with E-state index in [1.165, 1.54) is 27.5 Å². The molecule has 0 amide bonds. The Labute approximate surface area is 158 Å². The van der Waals surface area contributed by atoms with E-state index in [0.29, 0.717) is 0 Å². The second-order valence-electron chi connectivity index (χ2n) is 7.80. The van der Waals surface area contributed by atoms with Gasteiger partial charge in [0.15, 0.2) is 0 Å². The standard InChI is InChI=1S/C23H27N.ClH/c1-23(2,3)22-13-10-18(11-14-22)16-24(4)17-19-9-12-20-7-5-6-8-21(20)15-19;/h5-15H,16-17H2,1-4H3;1H. The first-order valence-electron chi connectivity index (χ1n) is 8.67. The van der Waals surface area contributed by atoms with Crippen LogP contribution in [0.1, 0.15) is 37.5 Å². The molecule has 3 aromatic rings. The van der Waals surface area contributed by atoms with E-state index in [-0.39, 0.29) is 17.8 Å². The number of hydrogen-bond donors (Lipinski definition) is 0. The lowest BCUT2D eigenvalue weighted by Gasteiger charge is -2.21. The van der Waals surface area contributed by atoms with Gasteiger partial charge in [-0.05, 0) is 46.0 Å². The van der Waals surface area contributed by atoms with E-state index in [1.807, 2.05) is 0 Å². The molecule has 132 valence electrons. The summed E-state index contributed by atoms with van der Waals surface area (Å²) in [7, 11) is 2.19. The quantitative estimate of drug-likeness (QED) is 0.540. The highest BCUT2D eigenvalue weighted by Gasteiger charge is 2.13. The summed E-state index contributed by atoms with van der Waals surface area (Å²) in [6.07, 6.45) is 0. The van der Waals surface area contributed by atoms with Crippen molar-refractivity contribution in [2.24, 2.45) is 0 Å². The van der Waals surface area contributed by atoms with Crippen molar-refractivity contribution < 1.29 is 0 Å². The lowest BCUT2D eigenvalue weighted by Crippen LogP contribution is -2.17. The summed E-state index contributed by atoms with van der Waals surface area (Å²) in [6, 6.07) is 24.4. The second-order valence-corrected chi connectivity index (χ2v) is 7.80. The Morgan fingerprint density at radius 2 is 1.28 bits per heavy atom. The molecule has 0 spiro atoms. The molecular formula is C23H28ClN. The van der Waals surface area contributed by atoms with E-state index in [1.54, 1.807) is 0 Å². The average Bonchev–Trinajstić information content (AvgIpc) is 2.54. The van der Waals surface area contributed by atoms with Crippen LogP contribution >= 0.6 is 12.4 Å². The van der Waals surface area contributed by atoms with Crippen molar-refractivity contribution in [3.05, 3.63) is 83.4 Å². The predicted molar refractivity (Wildman–Crippen MR) is 112 cm³/mol. The number of hydrogen-bond acceptors (Lipinski definition) is 1. The van der Waals surface area contributed by atoms with Gasteiger partial charge in [0.05, 0.1) is 0 Å². The molecule has 1 nitrogen and oxygen atoms in total. The third kappa shape index (κ3) is 5.07. The Balaban J connectivity index is 0.00000225. The van der Waals surface area contributed by atoms with Crippen LogP contribution in [-0.4, -0.2) is 11.9 Å². The Hall–Kier alpha value is -1.83. The second kappa shape index (κ2) is 8.03. The molecule has 0 radical (unpaired) electrons. The first kappa shape index (κ1) is 19.5. The minimum Gasteiger partial charge on any atom is -0.298 e. The van der Waals surface area contributed by atoms with Crippen molar-refractivity contribution in [2.45, 2.75) is 39.3 Å². The van der Waals surface area contributed by atoms with Gasteiger partial charge in [-0.3, -0.25) is 4.90 Å². The van der Waals surface area contributed by atoms with Gasteiger partial charge in [-0.25, -0.2) is 0 Å². The molecule has 0 aliphatic heterocycles. The van der Waals surface area contributed by atoms with Gasteiger partial charge < -0.3 is 0 Å². The van der Waals surface area contributed by atoms with Crippen LogP contribution in [0.25, 0.3) is 10.8 Å². The monoisotopic (exact) mass is 353 g/mol. The SMILES string of the molecule is CN(Cc1ccc(C(C)(C)C)cc1)Cc1ccc2ccccc2c1.Cl. The van der Waals surface area contributed by atoms with Crippen molar-refractivity contribution in [1.82, 2.24) is 4.90 Å². The van der Waals surface area contributed by atoms with Gasteiger partial charge >= 0.3 is 0 Å². The maximum absolute atomic E-state index is 2.37. The molecule has 3 rings (SSSR count). The zero-order valence-corrected chi connectivity index (χ0v) is 16.4. The zero-order chi connectivity index (χ0) is 17.2. The summed E-state index contributed by atoms with van der Waals surface area (Å²) in [5.74, 6) is 0. The molecule has 0 bridgehead atoms. The molecule has 0 heterocycles. The fourth-order valence-electron chi connectivity index (χ4n) is 3.13. The van der Waals surface area contributed by atoms with E-state index in [0.717, 1.165) is 13.1 Å². The number of benzene rings is 3. The van der Waals surface area contributed by atoms with Crippen LogP contribution in [0.2, 0.25) is 0 Å². The molecule has 0 unspecified atom stereocenters. The van der Waals surface area contributed by atoms with Gasteiger partial charge in [0.25, 0.3) is 0 Å². The van der Waals surface area contributed by atoms with Crippen molar-refractivity contribution in [1.29, 1.82) is 0 Å². The van der Waals surface area contributed by atoms with E-state index in [2.05, 4.69) is 99.4 Å². The largest absolute Gasteiger partial charge is 0.298 e.